The summed E-state index contributed by atoms with van der Waals surface area (Å²) in [7, 11) is 0. The van der Waals surface area contributed by atoms with Gasteiger partial charge < -0.3 is 9.84 Å². The van der Waals surface area contributed by atoms with Crippen LogP contribution in [-0.4, -0.2) is 23.2 Å². The summed E-state index contributed by atoms with van der Waals surface area (Å²) in [5.74, 6) is -0.233. The first-order valence-corrected chi connectivity index (χ1v) is 3.97. The molecule has 1 aliphatic heterocycles. The highest BCUT2D eigenvalue weighted by Gasteiger charge is 2.62. The van der Waals surface area contributed by atoms with E-state index in [1.54, 1.807) is 6.92 Å². The van der Waals surface area contributed by atoms with E-state index in [2.05, 4.69) is 15.5 Å². The zero-order valence-corrected chi connectivity index (χ0v) is 6.72. The van der Waals surface area contributed by atoms with Crippen LogP contribution < -0.4 is 5.32 Å². The molecular formula is C8H11N3O. The van der Waals surface area contributed by atoms with Crippen LogP contribution in [0.25, 0.3) is 0 Å². The van der Waals surface area contributed by atoms with Crippen molar-refractivity contribution in [2.24, 2.45) is 5.89 Å². The van der Waals surface area contributed by atoms with Crippen molar-refractivity contribution in [3.05, 3.63) is 11.7 Å². The summed E-state index contributed by atoms with van der Waals surface area (Å²) >= 11 is 0. The van der Waals surface area contributed by atoms with E-state index in [1.165, 1.54) is 0 Å². The maximum atomic E-state index is 8.09. The number of rotatable bonds is 1. The Bertz CT molecular complexity index is 431. The first-order valence-electron chi connectivity index (χ1n) is 5.47. The topological polar surface area (TPSA) is 51.0 Å². The summed E-state index contributed by atoms with van der Waals surface area (Å²) in [5.41, 5.74) is -0.613. The predicted octanol–water partition coefficient (Wildman–Crippen LogP) is 0.239. The van der Waals surface area contributed by atoms with Crippen LogP contribution in [0.3, 0.4) is 0 Å². The molecule has 1 saturated carbocycles. The Labute approximate surface area is 74.6 Å². The summed E-state index contributed by atoms with van der Waals surface area (Å²) in [6.07, 6.45) is 0.446. The fraction of sp³-hybridized carbons (Fsp3) is 0.750. The van der Waals surface area contributed by atoms with E-state index < -0.39 is 17.8 Å². The molecule has 1 aromatic heterocycles. The molecule has 64 valence electrons. The average Bonchev–Trinajstić information content (AvgIpc) is 2.47. The summed E-state index contributed by atoms with van der Waals surface area (Å²) in [6.45, 7) is 0.440. The Morgan fingerprint density at radius 2 is 2.83 bits per heavy atom. The third kappa shape index (κ3) is 0.659. The smallest absolute Gasteiger partial charge is 0.234 e. The van der Waals surface area contributed by atoms with E-state index >= 15 is 0 Å². The molecule has 0 spiro atoms. The number of piperidine rings is 1. The standard InChI is InChI=1S/C8H11N3O/c1-5-10-7(12-11-5)8-2-6(8)3-9-4-8/h6,9H,2-4H2,1H3/i3D2,6D. The molecule has 2 aliphatic rings. The van der Waals surface area contributed by atoms with Crippen LogP contribution in [0.5, 0.6) is 0 Å². The van der Waals surface area contributed by atoms with Gasteiger partial charge in [-0.1, -0.05) is 5.16 Å². The van der Waals surface area contributed by atoms with Gasteiger partial charge in [0.1, 0.15) is 0 Å². The van der Waals surface area contributed by atoms with Gasteiger partial charge in [0.25, 0.3) is 0 Å². The number of aryl methyl sites for hydroxylation is 1. The van der Waals surface area contributed by atoms with E-state index in [9.17, 15) is 0 Å². The van der Waals surface area contributed by atoms with Crippen molar-refractivity contribution >= 4 is 0 Å². The molecule has 0 radical (unpaired) electrons. The van der Waals surface area contributed by atoms with Crippen molar-refractivity contribution in [1.29, 1.82) is 0 Å². The molecule has 4 heteroatoms. The van der Waals surface area contributed by atoms with Crippen LogP contribution in [-0.2, 0) is 5.41 Å². The highest BCUT2D eigenvalue weighted by atomic mass is 16.5. The Morgan fingerprint density at radius 3 is 3.33 bits per heavy atom. The van der Waals surface area contributed by atoms with Gasteiger partial charge >= 0.3 is 0 Å². The van der Waals surface area contributed by atoms with Crippen molar-refractivity contribution in [3.8, 4) is 0 Å². The van der Waals surface area contributed by atoms with Crippen LogP contribution >= 0.6 is 0 Å². The lowest BCUT2D eigenvalue weighted by atomic mass is 10.1. The van der Waals surface area contributed by atoms with Gasteiger partial charge in [0.15, 0.2) is 5.82 Å². The molecule has 0 bridgehead atoms. The maximum absolute atomic E-state index is 8.09. The SMILES string of the molecule is [2H]C1([2H])NCC2(c3nc(C)no3)CC12[2H]. The molecule has 2 atom stereocenters. The molecular weight excluding hydrogens is 154 g/mol. The minimum Gasteiger partial charge on any atom is -0.339 e. The summed E-state index contributed by atoms with van der Waals surface area (Å²) in [5, 5.41) is 6.39. The van der Waals surface area contributed by atoms with Crippen molar-refractivity contribution < 1.29 is 8.64 Å². The fourth-order valence-corrected chi connectivity index (χ4v) is 1.66. The second kappa shape index (κ2) is 1.88. The Morgan fingerprint density at radius 1 is 1.92 bits per heavy atom. The Kier molecular flexibility index (Phi) is 0.684. The average molecular weight is 168 g/mol. The van der Waals surface area contributed by atoms with Crippen molar-refractivity contribution in [3.63, 3.8) is 0 Å². The number of hydrogen-bond acceptors (Lipinski definition) is 4. The normalized spacial score (nSPS) is 52.2. The molecule has 4 nitrogen and oxygen atoms in total. The summed E-state index contributed by atoms with van der Waals surface area (Å²) in [6, 6.07) is 0. The van der Waals surface area contributed by atoms with E-state index in [0.29, 0.717) is 24.7 Å². The van der Waals surface area contributed by atoms with Gasteiger partial charge in [-0.2, -0.15) is 4.98 Å². The fourth-order valence-electron chi connectivity index (χ4n) is 1.66. The number of aromatic nitrogens is 2. The van der Waals surface area contributed by atoms with E-state index in [4.69, 9.17) is 8.64 Å². The maximum Gasteiger partial charge on any atom is 0.234 e. The first kappa shape index (κ1) is 4.37. The largest absolute Gasteiger partial charge is 0.339 e. The van der Waals surface area contributed by atoms with Gasteiger partial charge in [0, 0.05) is 10.7 Å². The highest BCUT2D eigenvalue weighted by molar-refractivity contribution is 5.25. The molecule has 1 aliphatic carbocycles. The van der Waals surface area contributed by atoms with Gasteiger partial charge in [0.05, 0.1) is 5.41 Å². The quantitative estimate of drug-likeness (QED) is 0.652. The number of hydrogen-bond donors (Lipinski definition) is 1. The van der Waals surface area contributed by atoms with Crippen LogP contribution in [0, 0.1) is 12.8 Å². The molecule has 12 heavy (non-hydrogen) atoms. The highest BCUT2D eigenvalue weighted by Crippen LogP contribution is 2.55. The van der Waals surface area contributed by atoms with Gasteiger partial charge in [-0.05, 0) is 25.7 Å². The summed E-state index contributed by atoms with van der Waals surface area (Å²) in [4.78, 5) is 4.11. The van der Waals surface area contributed by atoms with E-state index in [-0.39, 0.29) is 0 Å². The lowest BCUT2D eigenvalue weighted by Crippen LogP contribution is -2.19. The zero-order chi connectivity index (χ0) is 10.9. The molecule has 0 amide bonds. The van der Waals surface area contributed by atoms with Gasteiger partial charge in [-0.25, -0.2) is 0 Å². The van der Waals surface area contributed by atoms with E-state index in [1.807, 2.05) is 0 Å². The predicted molar refractivity (Wildman–Crippen MR) is 41.7 cm³/mol. The minimum atomic E-state index is -1.67. The number of nitrogens with one attached hydrogen (secondary N) is 1. The summed E-state index contributed by atoms with van der Waals surface area (Å²) < 4.78 is 28.5. The van der Waals surface area contributed by atoms with Crippen LogP contribution in [0.15, 0.2) is 4.52 Å². The molecule has 0 aromatic carbocycles. The number of nitrogens with zero attached hydrogens (tertiary/aromatic N) is 2. The molecule has 2 heterocycles. The zero-order valence-electron chi connectivity index (χ0n) is 9.72. The third-order valence-corrected chi connectivity index (χ3v) is 2.50. The Hall–Kier alpha value is -0.900. The molecule has 3 rings (SSSR count). The van der Waals surface area contributed by atoms with Crippen LogP contribution in [0.1, 0.15) is 22.2 Å². The molecule has 2 fully saturated rings. The molecule has 2 unspecified atom stereocenters. The van der Waals surface area contributed by atoms with Crippen molar-refractivity contribution in [2.45, 2.75) is 18.8 Å². The molecule has 1 saturated heterocycles. The third-order valence-electron chi connectivity index (χ3n) is 2.50. The monoisotopic (exact) mass is 168 g/mol. The van der Waals surface area contributed by atoms with Crippen LogP contribution in [0.2, 0.25) is 0 Å². The van der Waals surface area contributed by atoms with E-state index in [0.717, 1.165) is 0 Å². The molecule has 1 N–H and O–H groups in total. The second-order valence-electron chi connectivity index (χ2n) is 3.36. The lowest BCUT2D eigenvalue weighted by Gasteiger charge is -2.02. The first-order chi connectivity index (χ1) is 6.91. The van der Waals surface area contributed by atoms with Crippen molar-refractivity contribution in [2.75, 3.05) is 13.0 Å². The Balaban J connectivity index is 2.04. The lowest BCUT2D eigenvalue weighted by molar-refractivity contribution is 0.343. The minimum absolute atomic E-state index is 0.392. The van der Waals surface area contributed by atoms with Gasteiger partial charge in [0.2, 0.25) is 5.89 Å². The van der Waals surface area contributed by atoms with Crippen molar-refractivity contribution in [1.82, 2.24) is 15.5 Å². The van der Waals surface area contributed by atoms with Crippen LogP contribution in [0.4, 0.5) is 0 Å². The van der Waals surface area contributed by atoms with Gasteiger partial charge in [-0.15, -0.1) is 0 Å². The molecule has 1 aromatic rings. The van der Waals surface area contributed by atoms with Gasteiger partial charge in [-0.3, -0.25) is 0 Å². The number of fused-ring (bicyclic) bond motifs is 1. The second-order valence-corrected chi connectivity index (χ2v) is 3.36.